The average molecular weight is 493 g/mol. The Kier molecular flexibility index (Phi) is 6.99. The van der Waals surface area contributed by atoms with Crippen LogP contribution in [0.1, 0.15) is 62.6 Å². The van der Waals surface area contributed by atoms with E-state index in [0.717, 1.165) is 43.4 Å². The first-order valence-corrected chi connectivity index (χ1v) is 12.1. The number of benzene rings is 2. The number of carbonyl (C=O) groups is 1. The van der Waals surface area contributed by atoms with Crippen molar-refractivity contribution in [2.75, 3.05) is 0 Å². The summed E-state index contributed by atoms with van der Waals surface area (Å²) in [6.45, 7) is 3.95. The van der Waals surface area contributed by atoms with E-state index in [1.54, 1.807) is 12.1 Å². The molecule has 5 rings (SSSR count). The number of hydrogen-bond donors (Lipinski definition) is 1. The summed E-state index contributed by atoms with van der Waals surface area (Å²) in [5.74, 6) is 1.11. The Morgan fingerprint density at radius 2 is 1.71 bits per heavy atom. The maximum Gasteiger partial charge on any atom is 0.417 e. The number of allylic oxidation sites excluding steroid dienone is 2. The van der Waals surface area contributed by atoms with Crippen molar-refractivity contribution in [2.45, 2.75) is 58.5 Å². The van der Waals surface area contributed by atoms with Crippen LogP contribution < -0.4 is 4.74 Å². The highest BCUT2D eigenvalue weighted by Crippen LogP contribution is 2.43. The maximum absolute atomic E-state index is 13.4. The lowest BCUT2D eigenvalue weighted by Gasteiger charge is -2.30. The zero-order valence-electron chi connectivity index (χ0n) is 19.2. The van der Waals surface area contributed by atoms with Crippen LogP contribution in [0.4, 0.5) is 13.2 Å². The van der Waals surface area contributed by atoms with E-state index in [9.17, 15) is 23.1 Å². The van der Waals surface area contributed by atoms with Crippen molar-refractivity contribution in [3.8, 4) is 11.5 Å². The van der Waals surface area contributed by atoms with Crippen molar-refractivity contribution in [3.05, 3.63) is 63.9 Å². The minimum absolute atomic E-state index is 0.0682. The minimum atomic E-state index is -4.55. The summed E-state index contributed by atoms with van der Waals surface area (Å²) in [4.78, 5) is 13.4. The molecule has 0 radical (unpaired) electrons. The van der Waals surface area contributed by atoms with Crippen LogP contribution in [0.5, 0.6) is 11.5 Å². The van der Waals surface area contributed by atoms with E-state index in [0.29, 0.717) is 41.6 Å². The summed E-state index contributed by atoms with van der Waals surface area (Å²) < 4.78 is 44.9. The Bertz CT molecular complexity index is 1110. The molecule has 0 saturated heterocycles. The largest absolute Gasteiger partial charge is 0.511 e. The van der Waals surface area contributed by atoms with E-state index in [4.69, 9.17) is 16.3 Å². The molecule has 0 spiro atoms. The van der Waals surface area contributed by atoms with Gasteiger partial charge in [0.15, 0.2) is 5.78 Å². The molecule has 2 aromatic carbocycles. The Morgan fingerprint density at radius 3 is 2.32 bits per heavy atom. The normalized spacial score (nSPS) is 25.6. The van der Waals surface area contributed by atoms with Crippen LogP contribution in [0, 0.1) is 17.8 Å². The van der Waals surface area contributed by atoms with E-state index in [1.165, 1.54) is 6.07 Å². The number of halogens is 4. The first-order valence-electron chi connectivity index (χ1n) is 11.7. The first-order chi connectivity index (χ1) is 16.1. The fourth-order valence-corrected chi connectivity index (χ4v) is 5.50. The number of alkyl halides is 3. The second-order valence-corrected chi connectivity index (χ2v) is 9.78. The molecule has 1 atom stereocenters. The third-order valence-electron chi connectivity index (χ3n) is 7.25. The van der Waals surface area contributed by atoms with Crippen molar-refractivity contribution in [1.82, 2.24) is 0 Å². The van der Waals surface area contributed by atoms with Gasteiger partial charge in [0, 0.05) is 18.4 Å². The molecule has 1 N–H and O–H groups in total. The lowest BCUT2D eigenvalue weighted by molar-refractivity contribution is -0.137. The highest BCUT2D eigenvalue weighted by molar-refractivity contribution is 6.31. The van der Waals surface area contributed by atoms with Crippen LogP contribution in [-0.4, -0.2) is 10.9 Å². The van der Waals surface area contributed by atoms with Crippen molar-refractivity contribution in [1.29, 1.82) is 0 Å². The van der Waals surface area contributed by atoms with Gasteiger partial charge in [-0.3, -0.25) is 4.79 Å². The minimum Gasteiger partial charge on any atom is -0.511 e. The van der Waals surface area contributed by atoms with E-state index in [2.05, 4.69) is 0 Å². The topological polar surface area (TPSA) is 46.5 Å². The van der Waals surface area contributed by atoms with Gasteiger partial charge in [-0.1, -0.05) is 31.5 Å². The highest BCUT2D eigenvalue weighted by Gasteiger charge is 2.35. The predicted molar refractivity (Wildman–Crippen MR) is 126 cm³/mol. The smallest absolute Gasteiger partial charge is 0.417 e. The molecule has 2 bridgehead atoms. The number of Topliss-reactive ketones (excluding diaryl/α,β-unsaturated/α-hetero) is 1. The summed E-state index contributed by atoms with van der Waals surface area (Å²) in [6, 6.07) is 8.45. The molecule has 2 aromatic rings. The van der Waals surface area contributed by atoms with Gasteiger partial charge in [0.05, 0.1) is 16.2 Å². The Morgan fingerprint density at radius 1 is 1.06 bits per heavy atom. The van der Waals surface area contributed by atoms with Gasteiger partial charge in [-0.2, -0.15) is 13.2 Å². The number of ether oxygens (including phenoxy) is 1. The summed E-state index contributed by atoms with van der Waals surface area (Å²) in [7, 11) is 0. The summed E-state index contributed by atoms with van der Waals surface area (Å²) >= 11 is 5.83. The van der Waals surface area contributed by atoms with Gasteiger partial charge in [0.25, 0.3) is 0 Å². The third-order valence-corrected chi connectivity index (χ3v) is 7.56. The SMILES string of the molecule is CCc1ccc(Oc2ccc(C(F)(F)F)c(Cl)c2)cc1/C1=C(\O)C(C)[C@H]2CC[C@H](CC2)CC1=O. The fourth-order valence-electron chi connectivity index (χ4n) is 5.22. The van der Waals surface area contributed by atoms with E-state index >= 15 is 0 Å². The number of ketones is 1. The van der Waals surface area contributed by atoms with E-state index in [-0.39, 0.29) is 23.2 Å². The number of aliphatic hydroxyl groups excluding tert-OH is 1. The molecule has 34 heavy (non-hydrogen) atoms. The van der Waals surface area contributed by atoms with Crippen LogP contribution in [0.25, 0.3) is 5.57 Å². The van der Waals surface area contributed by atoms with Gasteiger partial charge in [-0.25, -0.2) is 0 Å². The van der Waals surface area contributed by atoms with Crippen LogP contribution in [0.15, 0.2) is 42.2 Å². The number of aryl methyl sites for hydroxylation is 1. The Balaban J connectivity index is 1.73. The monoisotopic (exact) mass is 492 g/mol. The molecule has 3 aliphatic carbocycles. The molecule has 0 aliphatic heterocycles. The van der Waals surface area contributed by atoms with Gasteiger partial charge in [-0.15, -0.1) is 0 Å². The zero-order chi connectivity index (χ0) is 24.6. The molecule has 182 valence electrons. The first kappa shape index (κ1) is 24.6. The summed E-state index contributed by atoms with van der Waals surface area (Å²) in [6.07, 6.45) is 0.515. The second kappa shape index (κ2) is 9.65. The standard InChI is InChI=1S/C27H28ClF3O3/c1-3-17-8-9-19(34-20-10-11-22(23(28)14-20)27(29,30)31)13-21(17)25-24(32)12-16-4-6-18(7-5-16)15(2)26(25)33/h8-11,13-16,18,33H,3-7,12H2,1-2H3/b26-25+/t15?,16-,18+. The highest BCUT2D eigenvalue weighted by atomic mass is 35.5. The molecule has 1 saturated carbocycles. The molecular weight excluding hydrogens is 465 g/mol. The maximum atomic E-state index is 13.4. The summed E-state index contributed by atoms with van der Waals surface area (Å²) in [5, 5.41) is 10.8. The van der Waals surface area contributed by atoms with Crippen LogP contribution in [-0.2, 0) is 17.4 Å². The zero-order valence-corrected chi connectivity index (χ0v) is 20.0. The van der Waals surface area contributed by atoms with Crippen LogP contribution in [0.2, 0.25) is 5.02 Å². The van der Waals surface area contributed by atoms with E-state index in [1.807, 2.05) is 19.9 Å². The molecule has 1 fully saturated rings. The molecule has 0 heterocycles. The van der Waals surface area contributed by atoms with Crippen molar-refractivity contribution >= 4 is 23.0 Å². The molecular formula is C27H28ClF3O3. The lowest BCUT2D eigenvalue weighted by Crippen LogP contribution is -2.20. The summed E-state index contributed by atoms with van der Waals surface area (Å²) in [5.41, 5.74) is 0.928. The van der Waals surface area contributed by atoms with Gasteiger partial charge in [0.2, 0.25) is 0 Å². The number of carbonyl (C=O) groups excluding carboxylic acids is 1. The van der Waals surface area contributed by atoms with Crippen LogP contribution >= 0.6 is 11.6 Å². The predicted octanol–water partition coefficient (Wildman–Crippen LogP) is 8.40. The number of aliphatic hydroxyl groups is 1. The average Bonchev–Trinajstić information content (AvgIpc) is 2.84. The third kappa shape index (κ3) is 4.97. The number of hydrogen-bond acceptors (Lipinski definition) is 3. The Labute approximate surface area is 202 Å². The van der Waals surface area contributed by atoms with Crippen molar-refractivity contribution < 1.29 is 27.8 Å². The van der Waals surface area contributed by atoms with Crippen molar-refractivity contribution in [2.24, 2.45) is 17.8 Å². The van der Waals surface area contributed by atoms with Gasteiger partial charge < -0.3 is 9.84 Å². The van der Waals surface area contributed by atoms with Crippen LogP contribution in [0.3, 0.4) is 0 Å². The van der Waals surface area contributed by atoms with Crippen molar-refractivity contribution in [3.63, 3.8) is 0 Å². The lowest BCUT2D eigenvalue weighted by atomic mass is 9.76. The quantitative estimate of drug-likeness (QED) is 0.466. The number of fused-ring (bicyclic) bond motifs is 5. The van der Waals surface area contributed by atoms with E-state index < -0.39 is 16.8 Å². The van der Waals surface area contributed by atoms with Gasteiger partial charge >= 0.3 is 6.18 Å². The second-order valence-electron chi connectivity index (χ2n) is 9.37. The number of rotatable bonds is 4. The Hall–Kier alpha value is -2.47. The fraction of sp³-hybridized carbons (Fsp3) is 0.444. The molecule has 3 nitrogen and oxygen atoms in total. The van der Waals surface area contributed by atoms with Gasteiger partial charge in [0.1, 0.15) is 17.3 Å². The molecule has 3 aliphatic rings. The molecule has 1 unspecified atom stereocenters. The molecule has 0 aromatic heterocycles. The van der Waals surface area contributed by atoms with Gasteiger partial charge in [-0.05, 0) is 79.3 Å². The molecule has 7 heteroatoms. The molecule has 0 amide bonds.